The summed E-state index contributed by atoms with van der Waals surface area (Å²) in [4.78, 5) is 20.6. The largest absolute Gasteiger partial charge is 0.493 e. The van der Waals surface area contributed by atoms with Gasteiger partial charge in [-0.2, -0.15) is 0 Å². The van der Waals surface area contributed by atoms with Gasteiger partial charge in [0.15, 0.2) is 16.5 Å². The van der Waals surface area contributed by atoms with Crippen molar-refractivity contribution in [1.29, 1.82) is 0 Å². The number of carbonyl (C=O) groups is 1. The molecular weight excluding hydrogens is 394 g/mol. The normalized spacial score (nSPS) is 19.5. The highest BCUT2D eigenvalue weighted by atomic mass is 32.1. The number of thiazole rings is 1. The van der Waals surface area contributed by atoms with E-state index in [9.17, 15) is 9.90 Å². The van der Waals surface area contributed by atoms with Crippen LogP contribution in [0.25, 0.3) is 4.96 Å². The van der Waals surface area contributed by atoms with Gasteiger partial charge in [0.05, 0.1) is 39.2 Å². The summed E-state index contributed by atoms with van der Waals surface area (Å²) in [6, 6.07) is 5.02. The maximum atomic E-state index is 13.6. The molecule has 0 bridgehead atoms. The summed E-state index contributed by atoms with van der Waals surface area (Å²) in [5.41, 5.74) is 2.02. The van der Waals surface area contributed by atoms with Crippen molar-refractivity contribution < 1.29 is 24.1 Å². The topological polar surface area (TPSA) is 85.5 Å². The molecule has 0 saturated carbocycles. The summed E-state index contributed by atoms with van der Waals surface area (Å²) in [7, 11) is 3.14. The summed E-state index contributed by atoms with van der Waals surface area (Å²) in [5.74, 6) is 1.01. The van der Waals surface area contributed by atoms with E-state index in [-0.39, 0.29) is 12.5 Å². The Morgan fingerprint density at radius 3 is 2.86 bits per heavy atom. The minimum Gasteiger partial charge on any atom is -0.493 e. The first-order valence-corrected chi connectivity index (χ1v) is 10.1. The van der Waals surface area contributed by atoms with Crippen LogP contribution in [0.1, 0.15) is 27.8 Å². The van der Waals surface area contributed by atoms with E-state index in [4.69, 9.17) is 14.2 Å². The van der Waals surface area contributed by atoms with Crippen molar-refractivity contribution >= 4 is 22.2 Å². The highest BCUT2D eigenvalue weighted by Crippen LogP contribution is 2.36. The Bertz CT molecular complexity index is 1030. The molecule has 2 aromatic heterocycles. The quantitative estimate of drug-likeness (QED) is 0.686. The van der Waals surface area contributed by atoms with Crippen LogP contribution in [0.5, 0.6) is 11.5 Å². The van der Waals surface area contributed by atoms with E-state index in [1.165, 1.54) is 11.3 Å². The predicted octanol–water partition coefficient (Wildman–Crippen LogP) is 2.30. The van der Waals surface area contributed by atoms with Crippen molar-refractivity contribution in [3.8, 4) is 11.5 Å². The third kappa shape index (κ3) is 3.35. The zero-order valence-electron chi connectivity index (χ0n) is 16.5. The number of rotatable bonds is 5. The summed E-state index contributed by atoms with van der Waals surface area (Å²) in [6.07, 6.45) is 1.31. The molecule has 1 aliphatic heterocycles. The van der Waals surface area contributed by atoms with Gasteiger partial charge in [0, 0.05) is 18.1 Å². The van der Waals surface area contributed by atoms with Gasteiger partial charge in [0.25, 0.3) is 5.91 Å². The van der Waals surface area contributed by atoms with Gasteiger partial charge in [-0.3, -0.25) is 9.20 Å². The molecular formula is C20H23N3O5S. The molecule has 1 aromatic carbocycles. The molecule has 154 valence electrons. The number of aliphatic hydroxyl groups is 1. The number of carbonyl (C=O) groups excluding carboxylic acids is 1. The zero-order chi connectivity index (χ0) is 20.5. The number of nitrogens with zero attached hydrogens (tertiary/aromatic N) is 3. The number of aryl methyl sites for hydroxylation is 1. The lowest BCUT2D eigenvalue weighted by Gasteiger charge is -2.41. The molecule has 9 heteroatoms. The molecule has 1 fully saturated rings. The first-order valence-electron chi connectivity index (χ1n) is 9.26. The molecule has 1 amide bonds. The van der Waals surface area contributed by atoms with Crippen molar-refractivity contribution in [3.63, 3.8) is 0 Å². The van der Waals surface area contributed by atoms with Crippen molar-refractivity contribution in [2.45, 2.75) is 19.1 Å². The first kappa shape index (κ1) is 19.7. The number of fused-ring (bicyclic) bond motifs is 1. The van der Waals surface area contributed by atoms with Crippen LogP contribution in [-0.2, 0) is 4.74 Å². The molecule has 1 aliphatic rings. The highest BCUT2D eigenvalue weighted by molar-refractivity contribution is 7.15. The minimum absolute atomic E-state index is 0.144. The lowest BCUT2D eigenvalue weighted by Crippen LogP contribution is -2.49. The number of amides is 1. The van der Waals surface area contributed by atoms with Gasteiger partial charge in [-0.25, -0.2) is 4.98 Å². The van der Waals surface area contributed by atoms with Gasteiger partial charge >= 0.3 is 0 Å². The average molecular weight is 417 g/mol. The molecule has 0 aliphatic carbocycles. The van der Waals surface area contributed by atoms with Gasteiger partial charge in [-0.05, 0) is 24.6 Å². The van der Waals surface area contributed by atoms with Crippen LogP contribution in [-0.4, -0.2) is 65.4 Å². The van der Waals surface area contributed by atoms with Gasteiger partial charge in [-0.1, -0.05) is 6.07 Å². The fourth-order valence-electron chi connectivity index (χ4n) is 3.83. The number of benzene rings is 1. The first-order chi connectivity index (χ1) is 14.1. The van der Waals surface area contributed by atoms with E-state index in [2.05, 4.69) is 4.98 Å². The van der Waals surface area contributed by atoms with Crippen molar-refractivity contribution in [2.24, 2.45) is 0 Å². The Hall–Kier alpha value is -2.62. The Kier molecular flexibility index (Phi) is 5.44. The summed E-state index contributed by atoms with van der Waals surface area (Å²) in [6.45, 7) is 2.39. The molecule has 2 atom stereocenters. The van der Waals surface area contributed by atoms with E-state index in [1.54, 1.807) is 25.2 Å². The van der Waals surface area contributed by atoms with E-state index >= 15 is 0 Å². The fourth-order valence-corrected chi connectivity index (χ4v) is 4.59. The monoisotopic (exact) mass is 417 g/mol. The average Bonchev–Trinajstić information content (AvgIpc) is 3.32. The fraction of sp³-hybridized carbons (Fsp3) is 0.400. The summed E-state index contributed by atoms with van der Waals surface area (Å²) in [5, 5.41) is 11.8. The molecule has 1 saturated heterocycles. The van der Waals surface area contributed by atoms with Crippen LogP contribution in [0.2, 0.25) is 0 Å². The number of aliphatic hydroxyl groups excluding tert-OH is 1. The van der Waals surface area contributed by atoms with Crippen LogP contribution >= 0.6 is 11.3 Å². The molecule has 1 N–H and O–H groups in total. The number of hydrogen-bond acceptors (Lipinski definition) is 7. The molecule has 0 spiro atoms. The minimum atomic E-state index is -0.544. The van der Waals surface area contributed by atoms with Gasteiger partial charge in [-0.15, -0.1) is 11.3 Å². The molecule has 3 aromatic rings. The van der Waals surface area contributed by atoms with Gasteiger partial charge < -0.3 is 24.2 Å². The number of ether oxygens (including phenoxy) is 3. The predicted molar refractivity (Wildman–Crippen MR) is 108 cm³/mol. The number of imidazole rings is 1. The van der Waals surface area contributed by atoms with Crippen molar-refractivity contribution in [2.75, 3.05) is 34.0 Å². The van der Waals surface area contributed by atoms with Crippen LogP contribution in [0.4, 0.5) is 0 Å². The Morgan fingerprint density at radius 1 is 1.34 bits per heavy atom. The molecule has 29 heavy (non-hydrogen) atoms. The molecule has 0 unspecified atom stereocenters. The Morgan fingerprint density at radius 2 is 2.14 bits per heavy atom. The van der Waals surface area contributed by atoms with Crippen LogP contribution in [0, 0.1) is 6.92 Å². The summed E-state index contributed by atoms with van der Waals surface area (Å²) >= 11 is 1.48. The second-order valence-electron chi connectivity index (χ2n) is 6.75. The standard InChI is InChI=1S/C20H23N3O5S/c1-12-17(23-7-9-29-20(23)21-12)19(25)22-6-8-28-16(11-24)18(22)13-4-5-14(26-2)15(10-13)27-3/h4-5,7,9-10,16,18,24H,6,8,11H2,1-3H3/t16-,18-/m1/s1. The number of aromatic nitrogens is 2. The number of hydrogen-bond donors (Lipinski definition) is 1. The third-order valence-electron chi connectivity index (χ3n) is 5.18. The van der Waals surface area contributed by atoms with E-state index < -0.39 is 12.1 Å². The maximum Gasteiger partial charge on any atom is 0.273 e. The van der Waals surface area contributed by atoms with Crippen molar-refractivity contribution in [3.05, 3.63) is 46.7 Å². The van der Waals surface area contributed by atoms with Gasteiger partial charge in [0.2, 0.25) is 0 Å². The van der Waals surface area contributed by atoms with Crippen molar-refractivity contribution in [1.82, 2.24) is 14.3 Å². The second kappa shape index (κ2) is 8.02. The molecule has 0 radical (unpaired) electrons. The Labute approximate surface area is 172 Å². The molecule has 8 nitrogen and oxygen atoms in total. The van der Waals surface area contributed by atoms with Crippen LogP contribution < -0.4 is 9.47 Å². The highest BCUT2D eigenvalue weighted by Gasteiger charge is 2.38. The van der Waals surface area contributed by atoms with E-state index in [0.717, 1.165) is 10.5 Å². The van der Waals surface area contributed by atoms with Gasteiger partial charge in [0.1, 0.15) is 11.8 Å². The van der Waals surface area contributed by atoms with E-state index in [1.807, 2.05) is 35.0 Å². The molecule has 4 rings (SSSR count). The third-order valence-corrected chi connectivity index (χ3v) is 5.94. The van der Waals surface area contributed by atoms with Crippen LogP contribution in [0.3, 0.4) is 0 Å². The van der Waals surface area contributed by atoms with E-state index in [0.29, 0.717) is 36.0 Å². The smallest absolute Gasteiger partial charge is 0.273 e. The zero-order valence-corrected chi connectivity index (χ0v) is 17.3. The number of methoxy groups -OCH3 is 2. The number of morpholine rings is 1. The second-order valence-corrected chi connectivity index (χ2v) is 7.62. The SMILES string of the molecule is COc1ccc([C@@H]2[C@@H](CO)OCCN2C(=O)c2c(C)nc3sccn23)cc1OC. The summed E-state index contributed by atoms with van der Waals surface area (Å²) < 4.78 is 18.4. The molecule has 3 heterocycles. The van der Waals surface area contributed by atoms with Crippen LogP contribution in [0.15, 0.2) is 29.8 Å². The lowest BCUT2D eigenvalue weighted by atomic mass is 9.97. The Balaban J connectivity index is 1.77. The lowest BCUT2D eigenvalue weighted by molar-refractivity contribution is -0.0813. The maximum absolute atomic E-state index is 13.6.